The average molecular weight is 267 g/mol. The fourth-order valence-electron chi connectivity index (χ4n) is 1.59. The van der Waals surface area contributed by atoms with Gasteiger partial charge in [-0.1, -0.05) is 54.4 Å². The summed E-state index contributed by atoms with van der Waals surface area (Å²) in [4.78, 5) is 0. The van der Waals surface area contributed by atoms with Crippen molar-refractivity contribution in [3.05, 3.63) is 58.1 Å². The molecule has 0 heterocycles. The van der Waals surface area contributed by atoms with Crippen LogP contribution in [0.25, 0.3) is 0 Å². The van der Waals surface area contributed by atoms with Crippen molar-refractivity contribution >= 4 is 23.2 Å². The first kappa shape index (κ1) is 12.3. The summed E-state index contributed by atoms with van der Waals surface area (Å²) in [5, 5.41) is 1.03. The Balaban J connectivity index is 2.38. The Morgan fingerprint density at radius 3 is 2.24 bits per heavy atom. The third-order valence-electron chi connectivity index (χ3n) is 2.48. The van der Waals surface area contributed by atoms with Crippen molar-refractivity contribution in [2.24, 2.45) is 0 Å². The Bertz CT molecular complexity index is 503. The number of para-hydroxylation sites is 2. The molecule has 0 aliphatic carbocycles. The molecule has 0 unspecified atom stereocenters. The zero-order valence-corrected chi connectivity index (χ0v) is 10.9. The third kappa shape index (κ3) is 2.74. The van der Waals surface area contributed by atoms with Gasteiger partial charge in [0.15, 0.2) is 5.75 Å². The summed E-state index contributed by atoms with van der Waals surface area (Å²) in [5.74, 6) is 1.31. The van der Waals surface area contributed by atoms with E-state index in [0.29, 0.717) is 15.8 Å². The van der Waals surface area contributed by atoms with Gasteiger partial charge in [-0.25, -0.2) is 0 Å². The highest BCUT2D eigenvalue weighted by molar-refractivity contribution is 6.37. The van der Waals surface area contributed by atoms with Gasteiger partial charge in [0.1, 0.15) is 5.75 Å². The van der Waals surface area contributed by atoms with E-state index < -0.39 is 0 Å². The maximum Gasteiger partial charge on any atom is 0.164 e. The molecule has 2 rings (SSSR count). The quantitative estimate of drug-likeness (QED) is 0.728. The molecule has 2 aromatic carbocycles. The fraction of sp³-hybridized carbons (Fsp3) is 0.143. The van der Waals surface area contributed by atoms with Crippen molar-refractivity contribution in [2.75, 3.05) is 0 Å². The first-order chi connectivity index (χ1) is 8.22. The van der Waals surface area contributed by atoms with E-state index in [1.165, 1.54) is 0 Å². The summed E-state index contributed by atoms with van der Waals surface area (Å²) in [6.07, 6.45) is 0.901. The predicted octanol–water partition coefficient (Wildman–Crippen LogP) is 5.35. The molecule has 0 aromatic heterocycles. The van der Waals surface area contributed by atoms with Gasteiger partial charge in [-0.05, 0) is 30.2 Å². The van der Waals surface area contributed by atoms with E-state index in [1.54, 1.807) is 18.2 Å². The van der Waals surface area contributed by atoms with Gasteiger partial charge < -0.3 is 4.74 Å². The molecule has 2 aromatic rings. The number of benzene rings is 2. The van der Waals surface area contributed by atoms with Crippen LogP contribution < -0.4 is 4.74 Å². The number of ether oxygens (including phenoxy) is 1. The van der Waals surface area contributed by atoms with E-state index in [4.69, 9.17) is 27.9 Å². The molecule has 0 fully saturated rings. The molecule has 0 aliphatic rings. The molecule has 0 radical (unpaired) electrons. The molecule has 0 bridgehead atoms. The average Bonchev–Trinajstić information content (AvgIpc) is 2.34. The highest BCUT2D eigenvalue weighted by atomic mass is 35.5. The van der Waals surface area contributed by atoms with Crippen LogP contribution in [-0.4, -0.2) is 0 Å². The highest BCUT2D eigenvalue weighted by Crippen LogP contribution is 2.37. The van der Waals surface area contributed by atoms with E-state index >= 15 is 0 Å². The topological polar surface area (TPSA) is 9.23 Å². The molecule has 0 saturated heterocycles. The van der Waals surface area contributed by atoms with Crippen molar-refractivity contribution in [1.29, 1.82) is 0 Å². The van der Waals surface area contributed by atoms with E-state index in [1.807, 2.05) is 24.3 Å². The normalized spacial score (nSPS) is 10.3. The second-order valence-corrected chi connectivity index (χ2v) is 4.43. The predicted molar refractivity (Wildman–Crippen MR) is 72.4 cm³/mol. The largest absolute Gasteiger partial charge is 0.454 e. The highest BCUT2D eigenvalue weighted by Gasteiger charge is 2.09. The summed E-state index contributed by atoms with van der Waals surface area (Å²) in [5.41, 5.74) is 1.13. The van der Waals surface area contributed by atoms with Gasteiger partial charge in [-0.2, -0.15) is 0 Å². The Hall–Kier alpha value is -1.18. The van der Waals surface area contributed by atoms with Crippen molar-refractivity contribution < 1.29 is 4.74 Å². The Kier molecular flexibility index (Phi) is 3.93. The van der Waals surface area contributed by atoms with Gasteiger partial charge in [0.2, 0.25) is 0 Å². The zero-order valence-electron chi connectivity index (χ0n) is 9.41. The standard InChI is InChI=1S/C14H12Cl2O/c1-2-10-6-3-4-9-13(10)17-14-11(15)7-5-8-12(14)16/h3-9H,2H2,1H3. The second-order valence-electron chi connectivity index (χ2n) is 3.61. The van der Waals surface area contributed by atoms with Gasteiger partial charge in [0.25, 0.3) is 0 Å². The number of aryl methyl sites for hydroxylation is 1. The lowest BCUT2D eigenvalue weighted by atomic mass is 10.1. The first-order valence-corrected chi connectivity index (χ1v) is 6.17. The molecule has 0 amide bonds. The lowest BCUT2D eigenvalue weighted by Gasteiger charge is -2.12. The minimum atomic E-state index is 0.511. The van der Waals surface area contributed by atoms with Gasteiger partial charge >= 0.3 is 0 Å². The van der Waals surface area contributed by atoms with Crippen LogP contribution in [-0.2, 0) is 6.42 Å². The molecular formula is C14H12Cl2O. The van der Waals surface area contributed by atoms with Gasteiger partial charge in [-0.15, -0.1) is 0 Å². The Morgan fingerprint density at radius 1 is 0.941 bits per heavy atom. The molecule has 3 heteroatoms. The number of hydrogen-bond acceptors (Lipinski definition) is 1. The summed E-state index contributed by atoms with van der Waals surface area (Å²) in [6, 6.07) is 13.2. The summed E-state index contributed by atoms with van der Waals surface area (Å²) in [7, 11) is 0. The minimum Gasteiger partial charge on any atom is -0.454 e. The lowest BCUT2D eigenvalue weighted by Crippen LogP contribution is -1.91. The number of halogens is 2. The monoisotopic (exact) mass is 266 g/mol. The first-order valence-electron chi connectivity index (χ1n) is 5.42. The van der Waals surface area contributed by atoms with Gasteiger partial charge in [0.05, 0.1) is 10.0 Å². The zero-order chi connectivity index (χ0) is 12.3. The molecular weight excluding hydrogens is 255 g/mol. The van der Waals surface area contributed by atoms with Crippen LogP contribution in [0.2, 0.25) is 10.0 Å². The van der Waals surface area contributed by atoms with Crippen LogP contribution in [0, 0.1) is 0 Å². The maximum absolute atomic E-state index is 6.07. The van der Waals surface area contributed by atoms with Gasteiger partial charge in [-0.3, -0.25) is 0 Å². The van der Waals surface area contributed by atoms with Crippen LogP contribution in [0.5, 0.6) is 11.5 Å². The van der Waals surface area contributed by atoms with Gasteiger partial charge in [0, 0.05) is 0 Å². The van der Waals surface area contributed by atoms with Crippen LogP contribution in [0.1, 0.15) is 12.5 Å². The van der Waals surface area contributed by atoms with Crippen molar-refractivity contribution in [3.8, 4) is 11.5 Å². The smallest absolute Gasteiger partial charge is 0.164 e. The fourth-order valence-corrected chi connectivity index (χ4v) is 2.06. The van der Waals surface area contributed by atoms with E-state index in [0.717, 1.165) is 17.7 Å². The number of hydrogen-bond donors (Lipinski definition) is 0. The Labute approximate surface area is 111 Å². The summed E-state index contributed by atoms with van der Waals surface area (Å²) < 4.78 is 5.80. The van der Waals surface area contributed by atoms with Crippen LogP contribution >= 0.6 is 23.2 Å². The van der Waals surface area contributed by atoms with Crippen molar-refractivity contribution in [3.63, 3.8) is 0 Å². The number of rotatable bonds is 3. The van der Waals surface area contributed by atoms with Crippen LogP contribution in [0.4, 0.5) is 0 Å². The maximum atomic E-state index is 6.07. The van der Waals surface area contributed by atoms with E-state index in [9.17, 15) is 0 Å². The molecule has 0 atom stereocenters. The SMILES string of the molecule is CCc1ccccc1Oc1c(Cl)cccc1Cl. The molecule has 0 saturated carbocycles. The van der Waals surface area contributed by atoms with Crippen molar-refractivity contribution in [1.82, 2.24) is 0 Å². The minimum absolute atomic E-state index is 0.511. The third-order valence-corrected chi connectivity index (χ3v) is 3.08. The van der Waals surface area contributed by atoms with E-state index in [-0.39, 0.29) is 0 Å². The lowest BCUT2D eigenvalue weighted by molar-refractivity contribution is 0.477. The molecule has 17 heavy (non-hydrogen) atoms. The Morgan fingerprint density at radius 2 is 1.59 bits per heavy atom. The molecule has 1 nitrogen and oxygen atoms in total. The van der Waals surface area contributed by atoms with Crippen LogP contribution in [0.3, 0.4) is 0 Å². The van der Waals surface area contributed by atoms with E-state index in [2.05, 4.69) is 6.92 Å². The summed E-state index contributed by atoms with van der Waals surface area (Å²) in [6.45, 7) is 2.08. The summed E-state index contributed by atoms with van der Waals surface area (Å²) >= 11 is 12.1. The van der Waals surface area contributed by atoms with Crippen molar-refractivity contribution in [2.45, 2.75) is 13.3 Å². The molecule has 88 valence electrons. The molecule has 0 aliphatic heterocycles. The van der Waals surface area contributed by atoms with Crippen LogP contribution in [0.15, 0.2) is 42.5 Å². The second kappa shape index (κ2) is 5.44. The molecule has 0 N–H and O–H groups in total. The molecule has 0 spiro atoms.